The summed E-state index contributed by atoms with van der Waals surface area (Å²) in [7, 11) is 0. The van der Waals surface area contributed by atoms with Crippen LogP contribution in [0.1, 0.15) is 25.0 Å². The van der Waals surface area contributed by atoms with Crippen molar-refractivity contribution < 1.29 is 0 Å². The smallest absolute Gasteiger partial charge is 0.0543 e. The summed E-state index contributed by atoms with van der Waals surface area (Å²) in [6, 6.07) is 74.0. The molecule has 0 unspecified atom stereocenters. The first kappa shape index (κ1) is 32.5. The Labute approximate surface area is 327 Å². The molecule has 10 aromatic carbocycles. The molecular weight excluding hydrogens is 675 g/mol. The van der Waals surface area contributed by atoms with Gasteiger partial charge in [0.15, 0.2) is 0 Å². The summed E-state index contributed by atoms with van der Waals surface area (Å²) in [6.07, 6.45) is 0. The molecule has 264 valence electrons. The van der Waals surface area contributed by atoms with Gasteiger partial charge in [0.1, 0.15) is 0 Å². The van der Waals surface area contributed by atoms with Crippen molar-refractivity contribution in [3.05, 3.63) is 211 Å². The summed E-state index contributed by atoms with van der Waals surface area (Å²) < 4.78 is 0. The second kappa shape index (κ2) is 12.5. The van der Waals surface area contributed by atoms with E-state index in [1.807, 2.05) is 0 Å². The van der Waals surface area contributed by atoms with E-state index in [1.54, 1.807) is 0 Å². The summed E-state index contributed by atoms with van der Waals surface area (Å²) in [6.45, 7) is 4.72. The molecule has 0 heterocycles. The maximum atomic E-state index is 2.49. The monoisotopic (exact) mass is 713 g/mol. The predicted molar refractivity (Wildman–Crippen MR) is 240 cm³/mol. The summed E-state index contributed by atoms with van der Waals surface area (Å²) in [5, 5.41) is 10.2. The van der Waals surface area contributed by atoms with Gasteiger partial charge >= 0.3 is 0 Å². The molecule has 0 fully saturated rings. The molecule has 1 aliphatic carbocycles. The van der Waals surface area contributed by atoms with Crippen molar-refractivity contribution in [3.8, 4) is 33.4 Å². The number of benzene rings is 10. The molecule has 0 radical (unpaired) electrons. The van der Waals surface area contributed by atoms with Crippen molar-refractivity contribution in [2.75, 3.05) is 4.90 Å². The van der Waals surface area contributed by atoms with Crippen molar-refractivity contribution in [3.63, 3.8) is 0 Å². The molecule has 1 aliphatic rings. The van der Waals surface area contributed by atoms with Crippen LogP contribution in [0.2, 0.25) is 0 Å². The second-order valence-corrected chi connectivity index (χ2v) is 15.7. The molecule has 0 bridgehead atoms. The lowest BCUT2D eigenvalue weighted by Gasteiger charge is -2.31. The molecule has 0 amide bonds. The Morgan fingerprint density at radius 3 is 1.70 bits per heavy atom. The Bertz CT molecular complexity index is 3160. The number of hydrogen-bond acceptors (Lipinski definition) is 1. The molecule has 0 aliphatic heterocycles. The zero-order valence-electron chi connectivity index (χ0n) is 31.5. The molecule has 10 aromatic rings. The van der Waals surface area contributed by atoms with Crippen molar-refractivity contribution in [1.29, 1.82) is 0 Å². The minimum absolute atomic E-state index is 0.110. The first-order chi connectivity index (χ1) is 27.5. The van der Waals surface area contributed by atoms with Crippen LogP contribution in [0.25, 0.3) is 76.5 Å². The fraction of sp³-hybridized carbons (Fsp3) is 0.0545. The van der Waals surface area contributed by atoms with Gasteiger partial charge in [-0.2, -0.15) is 0 Å². The number of nitrogens with zero attached hydrogens (tertiary/aromatic N) is 1. The van der Waals surface area contributed by atoms with Crippen LogP contribution in [0.3, 0.4) is 0 Å². The Hall–Kier alpha value is -6.96. The minimum Gasteiger partial charge on any atom is -0.309 e. The lowest BCUT2D eigenvalue weighted by Crippen LogP contribution is -2.16. The first-order valence-electron chi connectivity index (χ1n) is 19.6. The molecule has 0 N–H and O–H groups in total. The van der Waals surface area contributed by atoms with Crippen LogP contribution in [-0.4, -0.2) is 0 Å². The van der Waals surface area contributed by atoms with Gasteiger partial charge in [-0.1, -0.05) is 184 Å². The zero-order valence-corrected chi connectivity index (χ0v) is 31.5. The van der Waals surface area contributed by atoms with Gasteiger partial charge in [0.2, 0.25) is 0 Å². The van der Waals surface area contributed by atoms with E-state index in [1.165, 1.54) is 93.3 Å². The number of hydrogen-bond donors (Lipinski definition) is 0. The van der Waals surface area contributed by atoms with Gasteiger partial charge in [-0.25, -0.2) is 0 Å². The number of anilines is 3. The van der Waals surface area contributed by atoms with Crippen molar-refractivity contribution in [2.45, 2.75) is 19.3 Å². The van der Waals surface area contributed by atoms with E-state index < -0.39 is 0 Å². The average molecular weight is 714 g/mol. The van der Waals surface area contributed by atoms with Crippen LogP contribution < -0.4 is 4.90 Å². The SMILES string of the molecule is CC1(C)c2ccccc2-c2c(N(c3ccc(-c4ccc5c(ccc6c7ccccc7ccc56)c4)cc3)c3ccccc3-c3cccc4ccccc34)cccc21. The maximum Gasteiger partial charge on any atom is 0.0543 e. The van der Waals surface area contributed by atoms with E-state index in [9.17, 15) is 0 Å². The van der Waals surface area contributed by atoms with Crippen LogP contribution in [0, 0.1) is 0 Å². The normalized spacial score (nSPS) is 13.0. The topological polar surface area (TPSA) is 3.24 Å². The van der Waals surface area contributed by atoms with Crippen molar-refractivity contribution in [1.82, 2.24) is 0 Å². The van der Waals surface area contributed by atoms with Gasteiger partial charge < -0.3 is 4.90 Å². The molecular formula is C55H39N. The van der Waals surface area contributed by atoms with E-state index in [0.29, 0.717) is 0 Å². The molecule has 0 atom stereocenters. The molecule has 0 spiro atoms. The van der Waals surface area contributed by atoms with E-state index in [2.05, 4.69) is 219 Å². The molecule has 11 rings (SSSR count). The van der Waals surface area contributed by atoms with Gasteiger partial charge in [-0.15, -0.1) is 0 Å². The Morgan fingerprint density at radius 1 is 0.339 bits per heavy atom. The molecule has 1 heteroatoms. The van der Waals surface area contributed by atoms with Crippen LogP contribution in [0.4, 0.5) is 17.1 Å². The third-order valence-electron chi connectivity index (χ3n) is 12.3. The lowest BCUT2D eigenvalue weighted by molar-refractivity contribution is 0.660. The fourth-order valence-electron chi connectivity index (χ4n) is 9.50. The van der Waals surface area contributed by atoms with E-state index in [-0.39, 0.29) is 5.41 Å². The maximum absolute atomic E-state index is 2.49. The quantitative estimate of drug-likeness (QED) is 0.161. The number of rotatable bonds is 5. The second-order valence-electron chi connectivity index (χ2n) is 15.7. The van der Waals surface area contributed by atoms with Gasteiger partial charge in [0, 0.05) is 22.2 Å². The highest BCUT2D eigenvalue weighted by atomic mass is 15.1. The predicted octanol–water partition coefficient (Wildman–Crippen LogP) is 15.4. The first-order valence-corrected chi connectivity index (χ1v) is 19.6. The Morgan fingerprint density at radius 2 is 0.875 bits per heavy atom. The van der Waals surface area contributed by atoms with Gasteiger partial charge in [-0.05, 0) is 107 Å². The largest absolute Gasteiger partial charge is 0.309 e. The summed E-state index contributed by atoms with van der Waals surface area (Å²) >= 11 is 0. The highest BCUT2D eigenvalue weighted by molar-refractivity contribution is 6.17. The van der Waals surface area contributed by atoms with Gasteiger partial charge in [0.05, 0.1) is 11.4 Å². The molecule has 56 heavy (non-hydrogen) atoms. The van der Waals surface area contributed by atoms with Crippen LogP contribution in [0.5, 0.6) is 0 Å². The third kappa shape index (κ3) is 4.94. The molecule has 0 saturated carbocycles. The lowest BCUT2D eigenvalue weighted by atomic mass is 9.82. The van der Waals surface area contributed by atoms with E-state index in [0.717, 1.165) is 11.4 Å². The Balaban J connectivity index is 1.08. The summed E-state index contributed by atoms with van der Waals surface area (Å²) in [4.78, 5) is 2.49. The zero-order chi connectivity index (χ0) is 37.4. The molecule has 0 aromatic heterocycles. The summed E-state index contributed by atoms with van der Waals surface area (Å²) in [5.74, 6) is 0. The third-order valence-corrected chi connectivity index (χ3v) is 12.3. The molecule has 1 nitrogen and oxygen atoms in total. The van der Waals surface area contributed by atoms with E-state index >= 15 is 0 Å². The van der Waals surface area contributed by atoms with Crippen molar-refractivity contribution >= 4 is 60.2 Å². The highest BCUT2D eigenvalue weighted by Crippen LogP contribution is 2.55. The summed E-state index contributed by atoms with van der Waals surface area (Å²) in [5.41, 5.74) is 13.5. The van der Waals surface area contributed by atoms with Gasteiger partial charge in [0.25, 0.3) is 0 Å². The van der Waals surface area contributed by atoms with Crippen LogP contribution >= 0.6 is 0 Å². The number of fused-ring (bicyclic) bond motifs is 9. The van der Waals surface area contributed by atoms with Crippen LogP contribution in [-0.2, 0) is 5.41 Å². The fourth-order valence-corrected chi connectivity index (χ4v) is 9.50. The Kier molecular flexibility index (Phi) is 7.28. The van der Waals surface area contributed by atoms with Gasteiger partial charge in [-0.3, -0.25) is 0 Å². The number of para-hydroxylation sites is 1. The minimum atomic E-state index is -0.110. The van der Waals surface area contributed by atoms with E-state index in [4.69, 9.17) is 0 Å². The van der Waals surface area contributed by atoms with Crippen LogP contribution in [0.15, 0.2) is 200 Å². The average Bonchev–Trinajstić information content (AvgIpc) is 3.50. The van der Waals surface area contributed by atoms with Crippen molar-refractivity contribution in [2.24, 2.45) is 0 Å². The molecule has 0 saturated heterocycles. The highest BCUT2D eigenvalue weighted by Gasteiger charge is 2.38. The standard InChI is InChI=1S/C55H39N/c1-55(2)50-21-9-7-19-49(50)54-51(55)22-12-24-53(54)56(52-23-10-8-18-48(52)45-20-11-15-37-13-3-5-16-42(37)45)41-30-25-36(26-31-41)39-28-32-44-40(35-39)29-34-46-43-17-6-4-14-38(43)27-33-47(44)46/h3-35H,1-2H3.